The molecule has 130 valence electrons. The highest BCUT2D eigenvalue weighted by Crippen LogP contribution is 2.41. The molecule has 0 saturated carbocycles. The average Bonchev–Trinajstić information content (AvgIpc) is 2.96. The normalized spacial score (nSPS) is 20.2. The molecule has 1 fully saturated rings. The van der Waals surface area contributed by atoms with Gasteiger partial charge in [0.05, 0.1) is 35.5 Å². The Bertz CT molecular complexity index is 741. The first kappa shape index (κ1) is 17.2. The van der Waals surface area contributed by atoms with E-state index in [-0.39, 0.29) is 5.78 Å². The van der Waals surface area contributed by atoms with Crippen molar-refractivity contribution in [2.24, 2.45) is 0 Å². The van der Waals surface area contributed by atoms with Gasteiger partial charge >= 0.3 is 0 Å². The van der Waals surface area contributed by atoms with Gasteiger partial charge < -0.3 is 14.4 Å². The Morgan fingerprint density at radius 2 is 2.21 bits per heavy atom. The number of anilines is 1. The number of rotatable bonds is 7. The fraction of sp³-hybridized carbons (Fsp3) is 0.556. The molecule has 0 radical (unpaired) electrons. The molecule has 2 unspecified atom stereocenters. The van der Waals surface area contributed by atoms with Crippen molar-refractivity contribution in [1.29, 1.82) is 0 Å². The molecule has 5 nitrogen and oxygen atoms in total. The van der Waals surface area contributed by atoms with E-state index in [1.165, 1.54) is 0 Å². The van der Waals surface area contributed by atoms with Gasteiger partial charge in [0.15, 0.2) is 10.9 Å². The number of fused-ring (bicyclic) bond motifs is 1. The molecule has 0 spiro atoms. The van der Waals surface area contributed by atoms with Crippen molar-refractivity contribution in [3.8, 4) is 5.75 Å². The van der Waals surface area contributed by atoms with Crippen LogP contribution in [0.4, 0.5) is 5.13 Å². The van der Waals surface area contributed by atoms with E-state index in [1.54, 1.807) is 25.6 Å². The van der Waals surface area contributed by atoms with E-state index in [1.807, 2.05) is 19.1 Å². The quantitative estimate of drug-likeness (QED) is 0.710. The van der Waals surface area contributed by atoms with Crippen LogP contribution in [0.2, 0.25) is 0 Å². The molecule has 0 aliphatic carbocycles. The number of hydrogen-bond acceptors (Lipinski definition) is 6. The second-order valence-electron chi connectivity index (χ2n) is 6.26. The number of methoxy groups -OCH3 is 2. The predicted octanol–water partition coefficient (Wildman–Crippen LogP) is 3.90. The number of carbonyl (C=O) groups is 1. The van der Waals surface area contributed by atoms with Gasteiger partial charge in [0.2, 0.25) is 0 Å². The Morgan fingerprint density at radius 1 is 1.42 bits per heavy atom. The molecule has 1 saturated heterocycles. The SMILES string of the molecule is CCCC(=O)c1c(OC)ccc2nc(N3C(C)CC3COC)sc12. The monoisotopic (exact) mass is 348 g/mol. The Balaban J connectivity index is 2.04. The fourth-order valence-corrected chi connectivity index (χ4v) is 4.68. The number of ether oxygens (including phenoxy) is 2. The summed E-state index contributed by atoms with van der Waals surface area (Å²) in [6.45, 7) is 4.91. The van der Waals surface area contributed by atoms with Crippen molar-refractivity contribution in [3.05, 3.63) is 17.7 Å². The summed E-state index contributed by atoms with van der Waals surface area (Å²) in [5.41, 5.74) is 1.54. The number of carbonyl (C=O) groups excluding carboxylic acids is 1. The van der Waals surface area contributed by atoms with Crippen LogP contribution in [0.1, 0.15) is 43.5 Å². The van der Waals surface area contributed by atoms with Crippen molar-refractivity contribution in [2.75, 3.05) is 25.7 Å². The maximum Gasteiger partial charge on any atom is 0.187 e. The van der Waals surface area contributed by atoms with Crippen molar-refractivity contribution in [2.45, 2.75) is 45.2 Å². The van der Waals surface area contributed by atoms with Crippen molar-refractivity contribution >= 4 is 32.5 Å². The number of Topliss-reactive ketones (excluding diaryl/α,β-unsaturated/α-hetero) is 1. The Kier molecular flexibility index (Phi) is 5.06. The van der Waals surface area contributed by atoms with E-state index in [0.717, 1.165) is 28.2 Å². The van der Waals surface area contributed by atoms with Crippen LogP contribution in [0.5, 0.6) is 5.75 Å². The van der Waals surface area contributed by atoms with Crippen molar-refractivity contribution < 1.29 is 14.3 Å². The summed E-state index contributed by atoms with van der Waals surface area (Å²) < 4.78 is 11.7. The summed E-state index contributed by atoms with van der Waals surface area (Å²) in [7, 11) is 3.34. The van der Waals surface area contributed by atoms with Gasteiger partial charge in [-0.25, -0.2) is 4.98 Å². The van der Waals surface area contributed by atoms with Gasteiger partial charge in [-0.1, -0.05) is 18.3 Å². The summed E-state index contributed by atoms with van der Waals surface area (Å²) in [6, 6.07) is 4.60. The van der Waals surface area contributed by atoms with Gasteiger partial charge in [-0.2, -0.15) is 0 Å². The second-order valence-corrected chi connectivity index (χ2v) is 7.24. The topological polar surface area (TPSA) is 51.7 Å². The maximum atomic E-state index is 12.6. The maximum absolute atomic E-state index is 12.6. The van der Waals surface area contributed by atoms with Crippen LogP contribution in [0.25, 0.3) is 10.2 Å². The predicted molar refractivity (Wildman–Crippen MR) is 97.6 cm³/mol. The summed E-state index contributed by atoms with van der Waals surface area (Å²) >= 11 is 1.58. The van der Waals surface area contributed by atoms with Gasteiger partial charge in [0.25, 0.3) is 0 Å². The molecule has 2 atom stereocenters. The first-order valence-corrected chi connectivity index (χ1v) is 9.20. The zero-order chi connectivity index (χ0) is 17.3. The lowest BCUT2D eigenvalue weighted by molar-refractivity contribution is 0.0980. The van der Waals surface area contributed by atoms with Crippen LogP contribution in [0, 0.1) is 0 Å². The molecule has 0 amide bonds. The van der Waals surface area contributed by atoms with Gasteiger partial charge in [0.1, 0.15) is 5.75 Å². The second kappa shape index (κ2) is 7.07. The van der Waals surface area contributed by atoms with Gasteiger partial charge in [0, 0.05) is 19.6 Å². The minimum Gasteiger partial charge on any atom is -0.496 e. The first-order valence-electron chi connectivity index (χ1n) is 8.38. The smallest absolute Gasteiger partial charge is 0.187 e. The summed E-state index contributed by atoms with van der Waals surface area (Å²) in [5, 5.41) is 0.963. The molecule has 0 bridgehead atoms. The molecule has 1 aromatic carbocycles. The molecule has 1 aliphatic rings. The Morgan fingerprint density at radius 3 is 2.83 bits per heavy atom. The van der Waals surface area contributed by atoms with E-state index in [2.05, 4.69) is 11.8 Å². The van der Waals surface area contributed by atoms with E-state index in [9.17, 15) is 4.79 Å². The van der Waals surface area contributed by atoms with Crippen LogP contribution >= 0.6 is 11.3 Å². The minimum atomic E-state index is 0.125. The summed E-state index contributed by atoms with van der Waals surface area (Å²) in [5.74, 6) is 0.765. The van der Waals surface area contributed by atoms with Crippen LogP contribution < -0.4 is 9.64 Å². The highest BCUT2D eigenvalue weighted by atomic mass is 32.1. The number of nitrogens with zero attached hydrogens (tertiary/aromatic N) is 2. The molecule has 3 rings (SSSR count). The van der Waals surface area contributed by atoms with E-state index in [0.29, 0.717) is 36.4 Å². The van der Waals surface area contributed by atoms with Crippen molar-refractivity contribution in [1.82, 2.24) is 4.98 Å². The molecular formula is C18H24N2O3S. The third kappa shape index (κ3) is 2.89. The first-order chi connectivity index (χ1) is 11.6. The molecule has 24 heavy (non-hydrogen) atoms. The molecule has 1 aromatic heterocycles. The van der Waals surface area contributed by atoms with Gasteiger partial charge in [-0.15, -0.1) is 0 Å². The lowest BCUT2D eigenvalue weighted by atomic mass is 9.96. The zero-order valence-corrected chi connectivity index (χ0v) is 15.5. The Hall–Kier alpha value is -1.66. The summed E-state index contributed by atoms with van der Waals surface area (Å²) in [4.78, 5) is 19.7. The lowest BCUT2D eigenvalue weighted by Crippen LogP contribution is -2.56. The van der Waals surface area contributed by atoms with Crippen LogP contribution in [-0.2, 0) is 4.74 Å². The minimum absolute atomic E-state index is 0.125. The van der Waals surface area contributed by atoms with Gasteiger partial charge in [-0.3, -0.25) is 4.79 Å². The number of benzene rings is 1. The van der Waals surface area contributed by atoms with Gasteiger partial charge in [-0.05, 0) is 31.9 Å². The van der Waals surface area contributed by atoms with E-state index in [4.69, 9.17) is 14.5 Å². The molecule has 0 N–H and O–H groups in total. The molecule has 2 aromatic rings. The van der Waals surface area contributed by atoms with Crippen molar-refractivity contribution in [3.63, 3.8) is 0 Å². The highest BCUT2D eigenvalue weighted by molar-refractivity contribution is 7.22. The molecule has 1 aliphatic heterocycles. The third-order valence-corrected chi connectivity index (χ3v) is 5.65. The molecular weight excluding hydrogens is 324 g/mol. The highest BCUT2D eigenvalue weighted by Gasteiger charge is 2.37. The average molecular weight is 348 g/mol. The standard InChI is InChI=1S/C18H24N2O3S/c1-5-6-14(21)16-15(23-4)8-7-13-17(16)24-18(19-13)20-11(2)9-12(20)10-22-3/h7-8,11-12H,5-6,9-10H2,1-4H3. The third-order valence-electron chi connectivity index (χ3n) is 4.55. The summed E-state index contributed by atoms with van der Waals surface area (Å²) in [6.07, 6.45) is 2.45. The number of ketones is 1. The van der Waals surface area contributed by atoms with Crippen LogP contribution in [0.15, 0.2) is 12.1 Å². The van der Waals surface area contributed by atoms with Crippen LogP contribution in [0.3, 0.4) is 0 Å². The largest absolute Gasteiger partial charge is 0.496 e. The number of hydrogen-bond donors (Lipinski definition) is 0. The van der Waals surface area contributed by atoms with Crippen LogP contribution in [-0.4, -0.2) is 43.7 Å². The molecule has 2 heterocycles. The lowest BCUT2D eigenvalue weighted by Gasteiger charge is -2.46. The van der Waals surface area contributed by atoms with E-state index >= 15 is 0 Å². The number of aromatic nitrogens is 1. The van der Waals surface area contributed by atoms with E-state index < -0.39 is 0 Å². The zero-order valence-electron chi connectivity index (χ0n) is 14.7. The fourth-order valence-electron chi connectivity index (χ4n) is 3.39. The molecule has 6 heteroatoms. The Labute approximate surface area is 146 Å². The number of thiazole rings is 1.